The molecule has 1 heterocycles. The maximum Gasteiger partial charge on any atom is 0.306 e. The number of nitrogens with one attached hydrogen (secondary N) is 1. The number of carboxylic acid groups (broad SMARTS) is 1. The molecule has 0 saturated carbocycles. The summed E-state index contributed by atoms with van der Waals surface area (Å²) in [5, 5.41) is 11.9. The minimum atomic E-state index is -0.726. The third-order valence-electron chi connectivity index (χ3n) is 3.80. The van der Waals surface area contributed by atoms with Gasteiger partial charge in [-0.2, -0.15) is 0 Å². The fourth-order valence-corrected chi connectivity index (χ4v) is 2.54. The van der Waals surface area contributed by atoms with Crippen molar-refractivity contribution in [1.29, 1.82) is 0 Å². The van der Waals surface area contributed by atoms with Crippen molar-refractivity contribution < 1.29 is 19.4 Å². The van der Waals surface area contributed by atoms with Crippen molar-refractivity contribution in [2.75, 3.05) is 26.2 Å². The van der Waals surface area contributed by atoms with E-state index in [9.17, 15) is 9.59 Å². The summed E-state index contributed by atoms with van der Waals surface area (Å²) in [5.41, 5.74) is 0. The summed E-state index contributed by atoms with van der Waals surface area (Å²) in [6.07, 6.45) is 2.26. The molecule has 2 atom stereocenters. The zero-order valence-electron chi connectivity index (χ0n) is 13.3. The molecule has 1 aliphatic rings. The Balaban J connectivity index is 2.18. The molecule has 0 aromatic heterocycles. The lowest BCUT2D eigenvalue weighted by molar-refractivity contribution is -0.144. The second kappa shape index (κ2) is 9.00. The fourth-order valence-electron chi connectivity index (χ4n) is 2.54. The highest BCUT2D eigenvalue weighted by atomic mass is 16.5. The van der Waals surface area contributed by atoms with Crippen molar-refractivity contribution in [3.8, 4) is 0 Å². The van der Waals surface area contributed by atoms with E-state index in [1.54, 1.807) is 0 Å². The Morgan fingerprint density at radius 1 is 1.43 bits per heavy atom. The number of carboxylic acids is 1. The number of hydrogen-bond acceptors (Lipinski definition) is 4. The predicted molar refractivity (Wildman–Crippen MR) is 80.1 cm³/mol. The summed E-state index contributed by atoms with van der Waals surface area (Å²) in [5.74, 6) is -0.997. The molecule has 1 amide bonds. The topological polar surface area (TPSA) is 78.9 Å². The number of nitrogens with zero attached hydrogens (tertiary/aromatic N) is 1. The molecule has 0 radical (unpaired) electrons. The zero-order valence-corrected chi connectivity index (χ0v) is 13.3. The summed E-state index contributed by atoms with van der Waals surface area (Å²) in [4.78, 5) is 24.9. The van der Waals surface area contributed by atoms with Gasteiger partial charge in [-0.3, -0.25) is 14.5 Å². The Kier molecular flexibility index (Phi) is 7.67. The number of likely N-dealkylation sites (tertiary alicyclic amines) is 1. The molecule has 1 fully saturated rings. The number of carbonyl (C=O) groups excluding carboxylic acids is 1. The van der Waals surface area contributed by atoms with Gasteiger partial charge in [-0.25, -0.2) is 0 Å². The smallest absolute Gasteiger partial charge is 0.306 e. The standard InChI is InChI=1S/C15H28N2O4/c1-11(2)21-8-4-6-16-14(18)10-17-7-5-13(15(19)20)9-12(17)3/h11-13H,4-10H2,1-3H3,(H,16,18)(H,19,20). The molecule has 0 bridgehead atoms. The minimum Gasteiger partial charge on any atom is -0.481 e. The van der Waals surface area contributed by atoms with Crippen LogP contribution in [0.1, 0.15) is 40.0 Å². The molecule has 2 unspecified atom stereocenters. The van der Waals surface area contributed by atoms with Crippen LogP contribution in [-0.4, -0.2) is 60.3 Å². The van der Waals surface area contributed by atoms with Gasteiger partial charge in [0.05, 0.1) is 18.6 Å². The highest BCUT2D eigenvalue weighted by Crippen LogP contribution is 2.22. The first-order valence-electron chi connectivity index (χ1n) is 7.75. The lowest BCUT2D eigenvalue weighted by atomic mass is 9.92. The van der Waals surface area contributed by atoms with Crippen molar-refractivity contribution >= 4 is 11.9 Å². The van der Waals surface area contributed by atoms with Crippen LogP contribution in [-0.2, 0) is 14.3 Å². The van der Waals surface area contributed by atoms with Crippen LogP contribution >= 0.6 is 0 Å². The number of aliphatic carboxylic acids is 1. The quantitative estimate of drug-likeness (QED) is 0.656. The molecule has 122 valence electrons. The number of amides is 1. The van der Waals surface area contributed by atoms with Gasteiger partial charge < -0.3 is 15.2 Å². The van der Waals surface area contributed by atoms with E-state index in [1.165, 1.54) is 0 Å². The Morgan fingerprint density at radius 2 is 2.14 bits per heavy atom. The molecule has 1 aliphatic heterocycles. The molecular weight excluding hydrogens is 272 g/mol. The van der Waals surface area contributed by atoms with Crippen LogP contribution in [0.25, 0.3) is 0 Å². The molecule has 1 saturated heterocycles. The Bertz CT molecular complexity index is 347. The number of ether oxygens (including phenoxy) is 1. The van der Waals surface area contributed by atoms with Gasteiger partial charge in [0.15, 0.2) is 0 Å². The summed E-state index contributed by atoms with van der Waals surface area (Å²) in [7, 11) is 0. The van der Waals surface area contributed by atoms with Crippen molar-refractivity contribution in [2.24, 2.45) is 5.92 Å². The van der Waals surface area contributed by atoms with Crippen LogP contribution < -0.4 is 5.32 Å². The van der Waals surface area contributed by atoms with Crippen LogP contribution in [0.2, 0.25) is 0 Å². The molecule has 0 spiro atoms. The van der Waals surface area contributed by atoms with E-state index in [1.807, 2.05) is 20.8 Å². The van der Waals surface area contributed by atoms with Crippen molar-refractivity contribution in [3.05, 3.63) is 0 Å². The maximum absolute atomic E-state index is 11.9. The highest BCUT2D eigenvalue weighted by molar-refractivity contribution is 5.78. The second-order valence-electron chi connectivity index (χ2n) is 6.00. The van der Waals surface area contributed by atoms with Crippen molar-refractivity contribution in [2.45, 2.75) is 52.2 Å². The van der Waals surface area contributed by atoms with Gasteiger partial charge >= 0.3 is 5.97 Å². The summed E-state index contributed by atoms with van der Waals surface area (Å²) in [6.45, 7) is 8.24. The normalized spacial score (nSPS) is 23.2. The van der Waals surface area contributed by atoms with Crippen molar-refractivity contribution in [3.63, 3.8) is 0 Å². The summed E-state index contributed by atoms with van der Waals surface area (Å²) in [6, 6.07) is 0.134. The highest BCUT2D eigenvalue weighted by Gasteiger charge is 2.30. The molecule has 6 nitrogen and oxygen atoms in total. The van der Waals surface area contributed by atoms with E-state index in [4.69, 9.17) is 9.84 Å². The fraction of sp³-hybridized carbons (Fsp3) is 0.867. The third-order valence-corrected chi connectivity index (χ3v) is 3.80. The van der Waals surface area contributed by atoms with Crippen molar-refractivity contribution in [1.82, 2.24) is 10.2 Å². The van der Waals surface area contributed by atoms with Crippen LogP contribution in [0, 0.1) is 5.92 Å². The molecule has 6 heteroatoms. The summed E-state index contributed by atoms with van der Waals surface area (Å²) < 4.78 is 5.41. The number of rotatable bonds is 8. The SMILES string of the molecule is CC(C)OCCCNC(=O)CN1CCC(C(=O)O)CC1C. The van der Waals surface area contributed by atoms with Gasteiger partial charge in [-0.05, 0) is 46.6 Å². The number of hydrogen-bond donors (Lipinski definition) is 2. The third kappa shape index (κ3) is 6.91. The van der Waals surface area contributed by atoms with E-state index in [0.717, 1.165) is 6.42 Å². The summed E-state index contributed by atoms with van der Waals surface area (Å²) >= 11 is 0. The monoisotopic (exact) mass is 300 g/mol. The number of piperidine rings is 1. The van der Waals surface area contributed by atoms with Gasteiger partial charge in [-0.1, -0.05) is 0 Å². The Hall–Kier alpha value is -1.14. The first kappa shape index (κ1) is 17.9. The van der Waals surface area contributed by atoms with Crippen LogP contribution in [0.4, 0.5) is 0 Å². The molecule has 0 aliphatic carbocycles. The molecule has 21 heavy (non-hydrogen) atoms. The maximum atomic E-state index is 11.9. The van der Waals surface area contributed by atoms with E-state index >= 15 is 0 Å². The molecule has 2 N–H and O–H groups in total. The second-order valence-corrected chi connectivity index (χ2v) is 6.00. The van der Waals surface area contributed by atoms with E-state index < -0.39 is 5.97 Å². The average molecular weight is 300 g/mol. The minimum absolute atomic E-state index is 0.000159. The molecule has 0 aromatic carbocycles. The van der Waals surface area contributed by atoms with Gasteiger partial charge in [0, 0.05) is 19.2 Å². The lowest BCUT2D eigenvalue weighted by Gasteiger charge is -2.35. The van der Waals surface area contributed by atoms with Gasteiger partial charge in [0.1, 0.15) is 0 Å². The first-order chi connectivity index (χ1) is 9.90. The molecule has 1 rings (SSSR count). The zero-order chi connectivity index (χ0) is 15.8. The van der Waals surface area contributed by atoms with Gasteiger partial charge in [0.25, 0.3) is 0 Å². The average Bonchev–Trinajstić information content (AvgIpc) is 2.40. The Labute approximate surface area is 126 Å². The molecular formula is C15H28N2O4. The lowest BCUT2D eigenvalue weighted by Crippen LogP contribution is -2.47. The van der Waals surface area contributed by atoms with Crippen LogP contribution in [0.3, 0.4) is 0 Å². The van der Waals surface area contributed by atoms with E-state index in [2.05, 4.69) is 10.2 Å². The van der Waals surface area contributed by atoms with E-state index in [0.29, 0.717) is 39.1 Å². The molecule has 0 aromatic rings. The predicted octanol–water partition coefficient (Wildman–Crippen LogP) is 1.10. The largest absolute Gasteiger partial charge is 0.481 e. The first-order valence-corrected chi connectivity index (χ1v) is 7.75. The van der Waals surface area contributed by atoms with Crippen LogP contribution in [0.5, 0.6) is 0 Å². The van der Waals surface area contributed by atoms with Gasteiger partial charge in [-0.15, -0.1) is 0 Å². The Morgan fingerprint density at radius 3 is 2.71 bits per heavy atom. The number of carbonyl (C=O) groups is 2. The van der Waals surface area contributed by atoms with Crippen LogP contribution in [0.15, 0.2) is 0 Å². The van der Waals surface area contributed by atoms with E-state index in [-0.39, 0.29) is 24.0 Å². The van der Waals surface area contributed by atoms with Gasteiger partial charge in [0.2, 0.25) is 5.91 Å².